The van der Waals surface area contributed by atoms with Gasteiger partial charge in [-0.25, -0.2) is 0 Å². The van der Waals surface area contributed by atoms with Gasteiger partial charge in [-0.05, 0) is 36.5 Å². The van der Waals surface area contributed by atoms with E-state index in [-0.39, 0.29) is 6.04 Å². The van der Waals surface area contributed by atoms with Gasteiger partial charge in [0, 0.05) is 5.02 Å². The summed E-state index contributed by atoms with van der Waals surface area (Å²) in [6.45, 7) is 7.31. The van der Waals surface area contributed by atoms with Crippen LogP contribution in [-0.2, 0) is 0 Å². The summed E-state index contributed by atoms with van der Waals surface area (Å²) in [7, 11) is 0. The molecule has 108 valence electrons. The molecule has 3 nitrogen and oxygen atoms in total. The highest BCUT2D eigenvalue weighted by Gasteiger charge is 2.13. The molecular weight excluding hydrogens is 260 g/mol. The van der Waals surface area contributed by atoms with E-state index in [0.29, 0.717) is 17.0 Å². The zero-order chi connectivity index (χ0) is 14.3. The van der Waals surface area contributed by atoms with Crippen LogP contribution in [0, 0.1) is 5.41 Å². The fourth-order valence-electron chi connectivity index (χ4n) is 1.85. The van der Waals surface area contributed by atoms with E-state index in [1.165, 1.54) is 6.42 Å². The molecule has 1 unspecified atom stereocenters. The molecular formula is C15H25ClN2O. The van der Waals surface area contributed by atoms with Crippen molar-refractivity contribution in [2.45, 2.75) is 46.1 Å². The van der Waals surface area contributed by atoms with Crippen LogP contribution >= 0.6 is 11.6 Å². The molecule has 0 bridgehead atoms. The number of rotatable bonds is 7. The third-order valence-corrected chi connectivity index (χ3v) is 3.20. The SMILES string of the molecule is CC(C)(C)CCCC(COc1cccc(Cl)c1)NN. The largest absolute Gasteiger partial charge is 0.492 e. The Balaban J connectivity index is 2.32. The first-order valence-electron chi connectivity index (χ1n) is 6.75. The number of nitrogens with two attached hydrogens (primary N) is 1. The van der Waals surface area contributed by atoms with Crippen LogP contribution < -0.4 is 16.0 Å². The lowest BCUT2D eigenvalue weighted by Gasteiger charge is -2.21. The summed E-state index contributed by atoms with van der Waals surface area (Å²) in [6.07, 6.45) is 3.33. The van der Waals surface area contributed by atoms with Gasteiger partial charge >= 0.3 is 0 Å². The van der Waals surface area contributed by atoms with Gasteiger partial charge in [0.15, 0.2) is 0 Å². The van der Waals surface area contributed by atoms with Crippen LogP contribution in [-0.4, -0.2) is 12.6 Å². The summed E-state index contributed by atoms with van der Waals surface area (Å²) in [5, 5.41) is 0.683. The van der Waals surface area contributed by atoms with Gasteiger partial charge in [0.05, 0.1) is 6.04 Å². The van der Waals surface area contributed by atoms with E-state index in [4.69, 9.17) is 22.2 Å². The molecule has 0 fully saturated rings. The van der Waals surface area contributed by atoms with Crippen molar-refractivity contribution in [1.82, 2.24) is 5.43 Å². The van der Waals surface area contributed by atoms with Gasteiger partial charge in [-0.1, -0.05) is 44.9 Å². The van der Waals surface area contributed by atoms with Gasteiger partial charge in [0.25, 0.3) is 0 Å². The van der Waals surface area contributed by atoms with Gasteiger partial charge in [0.2, 0.25) is 0 Å². The Bertz CT molecular complexity index is 377. The maximum atomic E-state index is 5.91. The maximum Gasteiger partial charge on any atom is 0.120 e. The first kappa shape index (κ1) is 16.3. The zero-order valence-corrected chi connectivity index (χ0v) is 12.8. The highest BCUT2D eigenvalue weighted by Crippen LogP contribution is 2.22. The summed E-state index contributed by atoms with van der Waals surface area (Å²) in [4.78, 5) is 0. The van der Waals surface area contributed by atoms with Crippen molar-refractivity contribution in [2.75, 3.05) is 6.61 Å². The Kier molecular flexibility index (Phi) is 6.63. The van der Waals surface area contributed by atoms with Gasteiger partial charge in [0.1, 0.15) is 12.4 Å². The summed E-state index contributed by atoms with van der Waals surface area (Å²) < 4.78 is 5.70. The minimum atomic E-state index is 0.168. The lowest BCUT2D eigenvalue weighted by atomic mass is 9.89. The fraction of sp³-hybridized carbons (Fsp3) is 0.600. The molecule has 0 spiro atoms. The van der Waals surface area contributed by atoms with Crippen LogP contribution in [0.5, 0.6) is 5.75 Å². The molecule has 4 heteroatoms. The Hall–Kier alpha value is -0.770. The van der Waals surface area contributed by atoms with E-state index in [2.05, 4.69) is 26.2 Å². The van der Waals surface area contributed by atoms with Crippen LogP contribution in [0.15, 0.2) is 24.3 Å². The van der Waals surface area contributed by atoms with Crippen molar-refractivity contribution in [3.8, 4) is 5.75 Å². The molecule has 0 aromatic heterocycles. The minimum absolute atomic E-state index is 0.168. The summed E-state index contributed by atoms with van der Waals surface area (Å²) in [5.74, 6) is 6.34. The lowest BCUT2D eigenvalue weighted by molar-refractivity contribution is 0.247. The summed E-state index contributed by atoms with van der Waals surface area (Å²) in [5.41, 5.74) is 3.18. The van der Waals surface area contributed by atoms with Crippen LogP contribution in [0.4, 0.5) is 0 Å². The zero-order valence-electron chi connectivity index (χ0n) is 12.1. The smallest absolute Gasteiger partial charge is 0.120 e. The predicted octanol–water partition coefficient (Wildman–Crippen LogP) is 3.77. The van der Waals surface area contributed by atoms with Gasteiger partial charge in [-0.15, -0.1) is 0 Å². The third kappa shape index (κ3) is 7.41. The second-order valence-electron chi connectivity index (χ2n) is 6.08. The molecule has 1 aromatic carbocycles. The monoisotopic (exact) mass is 284 g/mol. The Morgan fingerprint density at radius 1 is 1.37 bits per heavy atom. The van der Waals surface area contributed by atoms with Crippen molar-refractivity contribution in [3.63, 3.8) is 0 Å². The fourth-order valence-corrected chi connectivity index (χ4v) is 2.03. The molecule has 3 N–H and O–H groups in total. The van der Waals surface area contributed by atoms with E-state index in [0.717, 1.165) is 18.6 Å². The van der Waals surface area contributed by atoms with Gasteiger partial charge in [-0.3, -0.25) is 11.3 Å². The highest BCUT2D eigenvalue weighted by atomic mass is 35.5. The molecule has 19 heavy (non-hydrogen) atoms. The number of nitrogens with one attached hydrogen (secondary N) is 1. The van der Waals surface area contributed by atoms with Gasteiger partial charge in [-0.2, -0.15) is 0 Å². The number of hydrazine groups is 1. The first-order valence-corrected chi connectivity index (χ1v) is 7.13. The average molecular weight is 285 g/mol. The normalized spacial score (nSPS) is 13.3. The van der Waals surface area contributed by atoms with Crippen molar-refractivity contribution >= 4 is 11.6 Å². The minimum Gasteiger partial charge on any atom is -0.492 e. The van der Waals surface area contributed by atoms with Crippen LogP contribution in [0.25, 0.3) is 0 Å². The van der Waals surface area contributed by atoms with Crippen LogP contribution in [0.2, 0.25) is 5.02 Å². The number of halogens is 1. The highest BCUT2D eigenvalue weighted by molar-refractivity contribution is 6.30. The molecule has 1 atom stereocenters. The lowest BCUT2D eigenvalue weighted by Crippen LogP contribution is -2.39. The Morgan fingerprint density at radius 3 is 2.68 bits per heavy atom. The third-order valence-electron chi connectivity index (χ3n) is 2.96. The number of ether oxygens (including phenoxy) is 1. The summed E-state index contributed by atoms with van der Waals surface area (Å²) in [6, 6.07) is 7.58. The first-order chi connectivity index (χ1) is 8.90. The van der Waals surface area contributed by atoms with E-state index in [1.807, 2.05) is 24.3 Å². The molecule has 0 saturated heterocycles. The van der Waals surface area contributed by atoms with Crippen LogP contribution in [0.3, 0.4) is 0 Å². The second kappa shape index (κ2) is 7.73. The topological polar surface area (TPSA) is 47.3 Å². The van der Waals surface area contributed by atoms with E-state index < -0.39 is 0 Å². The molecule has 1 rings (SSSR count). The van der Waals surface area contributed by atoms with Crippen LogP contribution in [0.1, 0.15) is 40.0 Å². The van der Waals surface area contributed by atoms with E-state index in [9.17, 15) is 0 Å². The van der Waals surface area contributed by atoms with E-state index in [1.54, 1.807) is 0 Å². The van der Waals surface area contributed by atoms with Crippen molar-refractivity contribution in [1.29, 1.82) is 0 Å². The molecule has 0 heterocycles. The number of hydrogen-bond acceptors (Lipinski definition) is 3. The molecule has 1 aromatic rings. The van der Waals surface area contributed by atoms with E-state index >= 15 is 0 Å². The molecule has 0 saturated carbocycles. The molecule has 0 aliphatic heterocycles. The molecule has 0 amide bonds. The quantitative estimate of drug-likeness (QED) is 0.592. The molecule has 0 aliphatic carbocycles. The van der Waals surface area contributed by atoms with Crippen molar-refractivity contribution in [2.24, 2.45) is 11.3 Å². The standard InChI is InChI=1S/C15H25ClN2O/c1-15(2,3)9-5-7-13(18-17)11-19-14-8-4-6-12(16)10-14/h4,6,8,10,13,18H,5,7,9,11,17H2,1-3H3. The second-order valence-corrected chi connectivity index (χ2v) is 6.52. The van der Waals surface area contributed by atoms with Crippen molar-refractivity contribution < 1.29 is 4.74 Å². The summed E-state index contributed by atoms with van der Waals surface area (Å²) >= 11 is 5.91. The van der Waals surface area contributed by atoms with Gasteiger partial charge < -0.3 is 4.74 Å². The number of hydrogen-bond donors (Lipinski definition) is 2. The molecule has 0 aliphatic rings. The van der Waals surface area contributed by atoms with Crippen molar-refractivity contribution in [3.05, 3.63) is 29.3 Å². The number of benzene rings is 1. The average Bonchev–Trinajstić information content (AvgIpc) is 2.32. The predicted molar refractivity (Wildman–Crippen MR) is 81.4 cm³/mol. The molecule has 0 radical (unpaired) electrons. The maximum absolute atomic E-state index is 5.91. The Labute approximate surface area is 121 Å². The Morgan fingerprint density at radius 2 is 2.11 bits per heavy atom.